The molecular weight excluding hydrogens is 298 g/mol. The maximum Gasteiger partial charge on any atom is 0.272 e. The zero-order valence-corrected chi connectivity index (χ0v) is 13.4. The van der Waals surface area contributed by atoms with Gasteiger partial charge in [-0.25, -0.2) is 9.50 Å². The van der Waals surface area contributed by atoms with Crippen LogP contribution in [0.5, 0.6) is 0 Å². The first-order valence-electron chi connectivity index (χ1n) is 7.93. The Balaban J connectivity index is 1.89. The van der Waals surface area contributed by atoms with Gasteiger partial charge in [0.15, 0.2) is 5.65 Å². The number of fused-ring (bicyclic) bond motifs is 1. The highest BCUT2D eigenvalue weighted by atomic mass is 16.1. The number of hydrogen-bond acceptors (Lipinski definition) is 2. The number of benzene rings is 2. The van der Waals surface area contributed by atoms with Crippen LogP contribution in [0.3, 0.4) is 0 Å². The van der Waals surface area contributed by atoms with Gasteiger partial charge in [0, 0.05) is 23.7 Å². The molecule has 0 aliphatic carbocycles. The zero-order chi connectivity index (χ0) is 16.5. The SMILES string of the molecule is Cc1[nH]n2c(=O)cc(Cc3ccccc3)nc2c1-c1ccccc1. The van der Waals surface area contributed by atoms with E-state index in [0.29, 0.717) is 12.1 Å². The molecular formula is C20H17N3O. The highest BCUT2D eigenvalue weighted by molar-refractivity contribution is 5.79. The molecule has 4 rings (SSSR count). The third-order valence-electron chi connectivity index (χ3n) is 4.14. The number of rotatable bonds is 3. The summed E-state index contributed by atoms with van der Waals surface area (Å²) in [5, 5.41) is 3.13. The van der Waals surface area contributed by atoms with E-state index >= 15 is 0 Å². The second-order valence-electron chi connectivity index (χ2n) is 5.88. The zero-order valence-electron chi connectivity index (χ0n) is 13.4. The van der Waals surface area contributed by atoms with E-state index < -0.39 is 0 Å². The predicted octanol–water partition coefficient (Wildman–Crippen LogP) is 3.59. The highest BCUT2D eigenvalue weighted by Gasteiger charge is 2.14. The number of aryl methyl sites for hydroxylation is 1. The van der Waals surface area contributed by atoms with Gasteiger partial charge in [0.05, 0.1) is 5.69 Å². The van der Waals surface area contributed by atoms with Gasteiger partial charge in [-0.1, -0.05) is 60.7 Å². The quantitative estimate of drug-likeness (QED) is 0.628. The monoisotopic (exact) mass is 315 g/mol. The van der Waals surface area contributed by atoms with E-state index in [1.807, 2.05) is 67.6 Å². The van der Waals surface area contributed by atoms with Crippen LogP contribution in [0.25, 0.3) is 16.8 Å². The van der Waals surface area contributed by atoms with Gasteiger partial charge in [-0.3, -0.25) is 9.89 Å². The molecule has 0 fully saturated rings. The lowest BCUT2D eigenvalue weighted by molar-refractivity contribution is 0.866. The third kappa shape index (κ3) is 2.52. The van der Waals surface area contributed by atoms with E-state index in [-0.39, 0.29) is 5.56 Å². The van der Waals surface area contributed by atoms with Crippen molar-refractivity contribution in [2.75, 3.05) is 0 Å². The standard InChI is InChI=1S/C20H17N3O/c1-14-19(16-10-6-3-7-11-16)20-21-17(13-18(24)23(20)22-14)12-15-8-4-2-5-9-15/h2-11,13,22H,12H2,1H3. The summed E-state index contributed by atoms with van der Waals surface area (Å²) in [5.74, 6) is 0. The molecule has 2 aromatic carbocycles. The Bertz CT molecular complexity index is 1050. The highest BCUT2D eigenvalue weighted by Crippen LogP contribution is 2.26. The first-order chi connectivity index (χ1) is 11.7. The Morgan fingerprint density at radius 1 is 1.00 bits per heavy atom. The molecule has 0 aliphatic heterocycles. The van der Waals surface area contributed by atoms with Gasteiger partial charge in [0.1, 0.15) is 0 Å². The van der Waals surface area contributed by atoms with Crippen LogP contribution < -0.4 is 5.56 Å². The van der Waals surface area contributed by atoms with E-state index in [4.69, 9.17) is 4.98 Å². The van der Waals surface area contributed by atoms with Crippen molar-refractivity contribution in [2.24, 2.45) is 0 Å². The molecule has 0 bridgehead atoms. The fourth-order valence-corrected chi connectivity index (χ4v) is 3.04. The summed E-state index contributed by atoms with van der Waals surface area (Å²) in [6, 6.07) is 21.7. The average Bonchev–Trinajstić information content (AvgIpc) is 2.93. The van der Waals surface area contributed by atoms with E-state index in [9.17, 15) is 4.79 Å². The molecule has 0 saturated carbocycles. The molecule has 2 heterocycles. The minimum atomic E-state index is -0.0868. The van der Waals surface area contributed by atoms with Crippen LogP contribution in [0.2, 0.25) is 0 Å². The second kappa shape index (κ2) is 5.81. The third-order valence-corrected chi connectivity index (χ3v) is 4.14. The molecule has 4 aromatic rings. The van der Waals surface area contributed by atoms with Crippen LogP contribution in [-0.4, -0.2) is 14.6 Å². The van der Waals surface area contributed by atoms with Crippen LogP contribution in [0.15, 0.2) is 71.5 Å². The Labute approximate surface area is 139 Å². The molecule has 2 aromatic heterocycles. The molecule has 118 valence electrons. The minimum absolute atomic E-state index is 0.0868. The fourth-order valence-electron chi connectivity index (χ4n) is 3.04. The van der Waals surface area contributed by atoms with Gasteiger partial charge in [-0.2, -0.15) is 0 Å². The maximum absolute atomic E-state index is 12.5. The average molecular weight is 315 g/mol. The van der Waals surface area contributed by atoms with E-state index in [1.54, 1.807) is 6.07 Å². The number of nitrogens with zero attached hydrogens (tertiary/aromatic N) is 2. The summed E-state index contributed by atoms with van der Waals surface area (Å²) in [5.41, 5.74) is 5.47. The predicted molar refractivity (Wildman–Crippen MR) is 95.2 cm³/mol. The van der Waals surface area contributed by atoms with Crippen molar-refractivity contribution in [3.8, 4) is 11.1 Å². The summed E-state index contributed by atoms with van der Waals surface area (Å²) in [7, 11) is 0. The molecule has 0 aliphatic rings. The van der Waals surface area contributed by atoms with E-state index in [2.05, 4.69) is 5.10 Å². The lowest BCUT2D eigenvalue weighted by atomic mass is 10.1. The smallest absolute Gasteiger partial charge is 0.272 e. The van der Waals surface area contributed by atoms with Gasteiger partial charge < -0.3 is 0 Å². The number of hydrogen-bond donors (Lipinski definition) is 1. The van der Waals surface area contributed by atoms with Gasteiger partial charge in [-0.15, -0.1) is 0 Å². The van der Waals surface area contributed by atoms with E-state index in [0.717, 1.165) is 28.1 Å². The van der Waals surface area contributed by atoms with Crippen molar-refractivity contribution in [3.63, 3.8) is 0 Å². The summed E-state index contributed by atoms with van der Waals surface area (Å²) in [6.45, 7) is 1.97. The van der Waals surface area contributed by atoms with Crippen LogP contribution in [-0.2, 0) is 6.42 Å². The van der Waals surface area contributed by atoms with Crippen LogP contribution in [0, 0.1) is 6.92 Å². The van der Waals surface area contributed by atoms with Crippen molar-refractivity contribution in [2.45, 2.75) is 13.3 Å². The Morgan fingerprint density at radius 3 is 2.38 bits per heavy atom. The Hall–Kier alpha value is -3.14. The van der Waals surface area contributed by atoms with Crippen molar-refractivity contribution >= 4 is 5.65 Å². The Morgan fingerprint density at radius 2 is 1.67 bits per heavy atom. The molecule has 0 spiro atoms. The Kier molecular flexibility index (Phi) is 3.50. The van der Waals surface area contributed by atoms with Crippen molar-refractivity contribution < 1.29 is 0 Å². The normalized spacial score (nSPS) is 11.0. The minimum Gasteiger partial charge on any atom is -0.293 e. The van der Waals surface area contributed by atoms with Crippen molar-refractivity contribution in [3.05, 3.63) is 94.0 Å². The van der Waals surface area contributed by atoms with Gasteiger partial charge >= 0.3 is 0 Å². The molecule has 1 N–H and O–H groups in total. The number of nitrogens with one attached hydrogen (secondary N) is 1. The van der Waals surface area contributed by atoms with Gasteiger partial charge in [0.25, 0.3) is 5.56 Å². The maximum atomic E-state index is 12.5. The van der Waals surface area contributed by atoms with Gasteiger partial charge in [-0.05, 0) is 18.1 Å². The molecule has 4 nitrogen and oxygen atoms in total. The van der Waals surface area contributed by atoms with Crippen molar-refractivity contribution in [1.29, 1.82) is 0 Å². The molecule has 0 amide bonds. The van der Waals surface area contributed by atoms with Crippen LogP contribution in [0.4, 0.5) is 0 Å². The number of aromatic amines is 1. The second-order valence-corrected chi connectivity index (χ2v) is 5.88. The lowest BCUT2D eigenvalue weighted by Crippen LogP contribution is -2.15. The lowest BCUT2D eigenvalue weighted by Gasteiger charge is -2.04. The molecule has 0 atom stereocenters. The molecule has 4 heteroatoms. The summed E-state index contributed by atoms with van der Waals surface area (Å²) < 4.78 is 1.52. The molecule has 24 heavy (non-hydrogen) atoms. The van der Waals surface area contributed by atoms with Gasteiger partial charge in [0.2, 0.25) is 0 Å². The topological polar surface area (TPSA) is 50.2 Å². The first kappa shape index (κ1) is 14.5. The van der Waals surface area contributed by atoms with E-state index in [1.165, 1.54) is 4.52 Å². The number of aromatic nitrogens is 3. The van der Waals surface area contributed by atoms with Crippen LogP contribution in [0.1, 0.15) is 17.0 Å². The first-order valence-corrected chi connectivity index (χ1v) is 7.93. The number of H-pyrrole nitrogens is 1. The summed E-state index contributed by atoms with van der Waals surface area (Å²) in [6.07, 6.45) is 0.644. The molecule has 0 saturated heterocycles. The fraction of sp³-hybridized carbons (Fsp3) is 0.100. The van der Waals surface area contributed by atoms with Crippen LogP contribution >= 0.6 is 0 Å². The summed E-state index contributed by atoms with van der Waals surface area (Å²) in [4.78, 5) is 17.2. The molecule has 0 unspecified atom stereocenters. The van der Waals surface area contributed by atoms with Crippen molar-refractivity contribution in [1.82, 2.24) is 14.6 Å². The largest absolute Gasteiger partial charge is 0.293 e. The molecule has 0 radical (unpaired) electrons. The summed E-state index contributed by atoms with van der Waals surface area (Å²) >= 11 is 0.